The van der Waals surface area contributed by atoms with Gasteiger partial charge in [-0.3, -0.25) is 19.3 Å². The van der Waals surface area contributed by atoms with Crippen LogP contribution in [0, 0.1) is 0 Å². The Morgan fingerprint density at radius 3 is 1.79 bits per heavy atom. The first-order chi connectivity index (χ1) is 20.4. The Morgan fingerprint density at radius 1 is 0.714 bits per heavy atom. The van der Waals surface area contributed by atoms with Crippen LogP contribution in [0.25, 0.3) is 0 Å². The molecule has 0 radical (unpaired) electrons. The highest BCUT2D eigenvalue weighted by atomic mass is 33.1. The number of carbonyl (C=O) groups is 3. The summed E-state index contributed by atoms with van der Waals surface area (Å²) in [6.07, 6.45) is 0.147. The van der Waals surface area contributed by atoms with Gasteiger partial charge in [0.05, 0.1) is 0 Å². The molecule has 1 unspecified atom stereocenters. The summed E-state index contributed by atoms with van der Waals surface area (Å²) in [4.78, 5) is 41.1. The van der Waals surface area contributed by atoms with E-state index in [1.54, 1.807) is 6.07 Å². The molecule has 0 aromatic heterocycles. The zero-order valence-electron chi connectivity index (χ0n) is 23.1. The molecule has 2 aliphatic rings. The Hall–Kier alpha value is -4.21. The Balaban J connectivity index is 1.51. The molecule has 42 heavy (non-hydrogen) atoms. The van der Waals surface area contributed by atoms with E-state index in [2.05, 4.69) is 36.4 Å². The minimum absolute atomic E-state index is 0.122. The Labute approximate surface area is 252 Å². The van der Waals surface area contributed by atoms with Crippen LogP contribution in [-0.2, 0) is 25.6 Å². The number of rotatable bonds is 8. The number of fused-ring (bicyclic) bond motifs is 1. The van der Waals surface area contributed by atoms with Gasteiger partial charge in [0.25, 0.3) is 5.91 Å². The first-order valence-corrected chi connectivity index (χ1v) is 15.5. The molecule has 1 fully saturated rings. The maximum atomic E-state index is 14.2. The van der Waals surface area contributed by atoms with Gasteiger partial charge in [-0.1, -0.05) is 119 Å². The van der Waals surface area contributed by atoms with Crippen molar-refractivity contribution in [2.75, 3.05) is 20.9 Å². The maximum Gasteiger partial charge on any atom is 0.318 e. The van der Waals surface area contributed by atoms with Crippen LogP contribution >= 0.6 is 21.6 Å². The quantitative estimate of drug-likeness (QED) is 0.115. The molecule has 2 heterocycles. The number of hydrogen-bond donors (Lipinski definition) is 0. The molecule has 1 saturated heterocycles. The van der Waals surface area contributed by atoms with Gasteiger partial charge in [0, 0.05) is 20.5 Å². The molecule has 0 aliphatic carbocycles. The number of carbonyl (C=O) groups excluding carboxylic acids is 3. The molecule has 0 bridgehead atoms. The predicted octanol–water partition coefficient (Wildman–Crippen LogP) is 5.48. The summed E-state index contributed by atoms with van der Waals surface area (Å²) in [5.41, 5.74) is 3.81. The fraction of sp³-hybridized carbons (Fsp3) is 0.182. The largest absolute Gasteiger partial charge is 0.454 e. The monoisotopic (exact) mass is 596 g/mol. The highest BCUT2D eigenvalue weighted by molar-refractivity contribution is 8.77. The second kappa shape index (κ2) is 11.2. The van der Waals surface area contributed by atoms with Crippen molar-refractivity contribution in [2.24, 2.45) is 0 Å². The summed E-state index contributed by atoms with van der Waals surface area (Å²) in [6.45, 7) is 0.122. The van der Waals surface area contributed by atoms with Crippen LogP contribution in [0.1, 0.15) is 22.3 Å². The molecule has 3 amide bonds. The lowest BCUT2D eigenvalue weighted by molar-refractivity contribution is -0.166. The zero-order chi connectivity index (χ0) is 29.3. The van der Waals surface area contributed by atoms with E-state index in [1.165, 1.54) is 40.6 Å². The van der Waals surface area contributed by atoms with Gasteiger partial charge in [-0.2, -0.15) is 0 Å². The molecule has 1 atom stereocenters. The van der Waals surface area contributed by atoms with Gasteiger partial charge < -0.3 is 14.4 Å². The standard InChI is InChI=1S/C33H28N2O5S2/c1-34-29(36)30(37)35(2)32(31(34)38,21-23-18-19-27-28(20-23)40-22-39-27)41-42-33(24-12-6-3-7-13-24,25-14-8-4-9-15-25)26-16-10-5-11-17-26/h3-20H,21-22H2,1-2H3. The molecule has 7 nitrogen and oxygen atoms in total. The van der Waals surface area contributed by atoms with Crippen molar-refractivity contribution in [1.29, 1.82) is 0 Å². The highest BCUT2D eigenvalue weighted by Gasteiger charge is 2.56. The van der Waals surface area contributed by atoms with Gasteiger partial charge in [-0.25, -0.2) is 0 Å². The molecular formula is C33H28N2O5S2. The van der Waals surface area contributed by atoms with Crippen LogP contribution in [0.15, 0.2) is 109 Å². The molecule has 6 rings (SSSR count). The van der Waals surface area contributed by atoms with E-state index >= 15 is 0 Å². The number of amides is 3. The van der Waals surface area contributed by atoms with Gasteiger partial charge in [0.2, 0.25) is 6.79 Å². The molecule has 9 heteroatoms. The zero-order valence-corrected chi connectivity index (χ0v) is 24.7. The normalized spacial score (nSPS) is 18.5. The average Bonchev–Trinajstić information content (AvgIpc) is 3.52. The molecule has 0 N–H and O–H groups in total. The summed E-state index contributed by atoms with van der Waals surface area (Å²) in [5, 5.41) is 0. The van der Waals surface area contributed by atoms with Gasteiger partial charge in [0.1, 0.15) is 4.75 Å². The third-order valence-electron chi connectivity index (χ3n) is 7.70. The minimum atomic E-state index is -1.44. The molecule has 0 saturated carbocycles. The van der Waals surface area contributed by atoms with E-state index in [9.17, 15) is 14.4 Å². The SMILES string of the molecule is CN1C(=O)C(=O)N(C)C(Cc2ccc3c(c2)OCO3)(SSC(c2ccccc2)(c2ccccc2)c2ccccc2)C1=O. The van der Waals surface area contributed by atoms with Crippen LogP contribution in [0.2, 0.25) is 0 Å². The van der Waals surface area contributed by atoms with Crippen molar-refractivity contribution in [3.05, 3.63) is 131 Å². The highest BCUT2D eigenvalue weighted by Crippen LogP contribution is 2.58. The summed E-state index contributed by atoms with van der Waals surface area (Å²) >= 11 is 0. The van der Waals surface area contributed by atoms with Gasteiger partial charge in [0.15, 0.2) is 16.4 Å². The fourth-order valence-corrected chi connectivity index (χ4v) is 9.35. The van der Waals surface area contributed by atoms with Crippen LogP contribution in [0.4, 0.5) is 0 Å². The lowest BCUT2D eigenvalue weighted by Gasteiger charge is -2.46. The minimum Gasteiger partial charge on any atom is -0.454 e. The van der Waals surface area contributed by atoms with Crippen LogP contribution in [0.5, 0.6) is 11.5 Å². The van der Waals surface area contributed by atoms with Crippen molar-refractivity contribution in [2.45, 2.75) is 16.0 Å². The Morgan fingerprint density at radius 2 is 1.24 bits per heavy atom. The Bertz CT molecular complexity index is 1540. The third kappa shape index (κ3) is 4.62. The van der Waals surface area contributed by atoms with Crippen LogP contribution in [-0.4, -0.2) is 53.3 Å². The van der Waals surface area contributed by atoms with Crippen molar-refractivity contribution < 1.29 is 23.9 Å². The number of piperazine rings is 1. The van der Waals surface area contributed by atoms with E-state index in [4.69, 9.17) is 9.47 Å². The van der Waals surface area contributed by atoms with Crippen molar-refractivity contribution in [3.8, 4) is 11.5 Å². The fourth-order valence-electron chi connectivity index (χ4n) is 5.39. The van der Waals surface area contributed by atoms with E-state index < -0.39 is 27.3 Å². The third-order valence-corrected chi connectivity index (χ3v) is 11.4. The number of likely N-dealkylation sites (N-methyl/N-ethyl adjacent to an activating group) is 2. The Kier molecular flexibility index (Phi) is 7.47. The number of nitrogens with zero attached hydrogens (tertiary/aromatic N) is 2. The summed E-state index contributed by atoms with van der Waals surface area (Å²) in [6, 6.07) is 35.8. The molecule has 2 aliphatic heterocycles. The first kappa shape index (κ1) is 27.9. The van der Waals surface area contributed by atoms with Crippen molar-refractivity contribution >= 4 is 39.3 Å². The molecule has 0 spiro atoms. The number of benzene rings is 4. The molecule has 212 valence electrons. The number of ether oxygens (including phenoxy) is 2. The van der Waals surface area contributed by atoms with E-state index in [0.717, 1.165) is 27.2 Å². The number of hydrogen-bond acceptors (Lipinski definition) is 7. The summed E-state index contributed by atoms with van der Waals surface area (Å²) in [7, 11) is 5.69. The van der Waals surface area contributed by atoms with Crippen LogP contribution < -0.4 is 9.47 Å². The van der Waals surface area contributed by atoms with Crippen LogP contribution in [0.3, 0.4) is 0 Å². The average molecular weight is 597 g/mol. The van der Waals surface area contributed by atoms with E-state index in [-0.39, 0.29) is 13.2 Å². The van der Waals surface area contributed by atoms with E-state index in [1.807, 2.05) is 66.7 Å². The topological polar surface area (TPSA) is 76.2 Å². The molecular weight excluding hydrogens is 569 g/mol. The van der Waals surface area contributed by atoms with Gasteiger partial charge in [-0.15, -0.1) is 0 Å². The summed E-state index contributed by atoms with van der Waals surface area (Å²) < 4.78 is 10.3. The second-order valence-corrected chi connectivity index (χ2v) is 12.7. The lowest BCUT2D eigenvalue weighted by Crippen LogP contribution is -2.67. The predicted molar refractivity (Wildman–Crippen MR) is 164 cm³/mol. The molecule has 4 aromatic carbocycles. The number of imide groups is 1. The lowest BCUT2D eigenvalue weighted by atomic mass is 9.84. The maximum absolute atomic E-state index is 14.2. The van der Waals surface area contributed by atoms with Crippen molar-refractivity contribution in [3.63, 3.8) is 0 Å². The van der Waals surface area contributed by atoms with Crippen molar-refractivity contribution in [1.82, 2.24) is 9.80 Å². The second-order valence-electron chi connectivity index (χ2n) is 10.1. The first-order valence-electron chi connectivity index (χ1n) is 13.4. The van der Waals surface area contributed by atoms with Gasteiger partial charge in [-0.05, 0) is 34.4 Å². The van der Waals surface area contributed by atoms with Gasteiger partial charge >= 0.3 is 11.8 Å². The summed E-state index contributed by atoms with van der Waals surface area (Å²) in [5.74, 6) is -0.856. The smallest absolute Gasteiger partial charge is 0.318 e. The van der Waals surface area contributed by atoms with E-state index in [0.29, 0.717) is 11.5 Å². The molecule has 4 aromatic rings.